The molecule has 130 valence electrons. The normalized spacial score (nSPS) is 13.8. The number of aryl methyl sites for hydroxylation is 2. The molecule has 4 nitrogen and oxygen atoms in total. The molecule has 0 saturated carbocycles. The molecule has 0 aliphatic carbocycles. The third kappa shape index (κ3) is 4.47. The van der Waals surface area contributed by atoms with Crippen molar-refractivity contribution >= 4 is 0 Å². The Morgan fingerprint density at radius 2 is 1.88 bits per heavy atom. The lowest BCUT2D eigenvalue weighted by Crippen LogP contribution is -2.26. The van der Waals surface area contributed by atoms with Gasteiger partial charge in [0.2, 0.25) is 0 Å². The van der Waals surface area contributed by atoms with Crippen LogP contribution in [0.1, 0.15) is 55.0 Å². The van der Waals surface area contributed by atoms with Crippen LogP contribution < -0.4 is 10.1 Å². The van der Waals surface area contributed by atoms with Crippen LogP contribution in [0.4, 0.5) is 8.78 Å². The van der Waals surface area contributed by atoms with E-state index in [1.165, 1.54) is 0 Å². The summed E-state index contributed by atoms with van der Waals surface area (Å²) in [5.74, 6) is 0.932. The van der Waals surface area contributed by atoms with Gasteiger partial charge in [-0.05, 0) is 33.3 Å². The fourth-order valence-electron chi connectivity index (χ4n) is 2.81. The minimum Gasteiger partial charge on any atom is -0.434 e. The van der Waals surface area contributed by atoms with E-state index >= 15 is 0 Å². The van der Waals surface area contributed by atoms with Gasteiger partial charge in [-0.2, -0.15) is 8.78 Å². The van der Waals surface area contributed by atoms with Crippen molar-refractivity contribution in [2.45, 2.75) is 52.8 Å². The van der Waals surface area contributed by atoms with Crippen molar-refractivity contribution in [1.82, 2.24) is 15.3 Å². The van der Waals surface area contributed by atoms with Gasteiger partial charge in [-0.1, -0.05) is 25.1 Å². The van der Waals surface area contributed by atoms with Crippen molar-refractivity contribution in [2.24, 2.45) is 0 Å². The Morgan fingerprint density at radius 1 is 1.17 bits per heavy atom. The summed E-state index contributed by atoms with van der Waals surface area (Å²) in [7, 11) is 0. The largest absolute Gasteiger partial charge is 0.434 e. The van der Waals surface area contributed by atoms with E-state index in [-0.39, 0.29) is 17.8 Å². The predicted molar refractivity (Wildman–Crippen MR) is 89.2 cm³/mol. The van der Waals surface area contributed by atoms with Crippen LogP contribution in [0.2, 0.25) is 0 Å². The number of para-hydroxylation sites is 1. The molecule has 1 aromatic heterocycles. The number of nitrogens with zero attached hydrogens (tertiary/aromatic N) is 2. The van der Waals surface area contributed by atoms with Gasteiger partial charge in [-0.3, -0.25) is 0 Å². The van der Waals surface area contributed by atoms with Crippen molar-refractivity contribution in [3.05, 3.63) is 53.1 Å². The van der Waals surface area contributed by atoms with Crippen molar-refractivity contribution < 1.29 is 13.5 Å². The molecular formula is C18H23F2N3O. The number of aromatic nitrogens is 2. The monoisotopic (exact) mass is 335 g/mol. The minimum absolute atomic E-state index is 0.0184. The Balaban J connectivity index is 2.23. The third-order valence-corrected chi connectivity index (χ3v) is 3.97. The minimum atomic E-state index is -2.84. The van der Waals surface area contributed by atoms with E-state index in [0.717, 1.165) is 29.1 Å². The molecule has 0 spiro atoms. The topological polar surface area (TPSA) is 47.0 Å². The molecule has 0 fully saturated rings. The molecule has 2 rings (SSSR count). The number of hydrogen-bond donors (Lipinski definition) is 1. The number of alkyl halides is 2. The van der Waals surface area contributed by atoms with Crippen LogP contribution >= 0.6 is 0 Å². The first-order valence-electron chi connectivity index (χ1n) is 8.02. The highest BCUT2D eigenvalue weighted by molar-refractivity contribution is 5.36. The smallest absolute Gasteiger partial charge is 0.387 e. The zero-order valence-electron chi connectivity index (χ0n) is 14.4. The second-order valence-electron chi connectivity index (χ2n) is 5.72. The van der Waals surface area contributed by atoms with Gasteiger partial charge in [0.25, 0.3) is 0 Å². The van der Waals surface area contributed by atoms with Gasteiger partial charge in [0, 0.05) is 35.1 Å². The summed E-state index contributed by atoms with van der Waals surface area (Å²) in [4.78, 5) is 8.63. The fourth-order valence-corrected chi connectivity index (χ4v) is 2.81. The average molecular weight is 335 g/mol. The van der Waals surface area contributed by atoms with Crippen molar-refractivity contribution in [2.75, 3.05) is 0 Å². The second-order valence-corrected chi connectivity index (χ2v) is 5.72. The maximum atomic E-state index is 12.6. The maximum absolute atomic E-state index is 12.6. The van der Waals surface area contributed by atoms with Crippen LogP contribution in [0.15, 0.2) is 30.5 Å². The molecule has 0 saturated heterocycles. The van der Waals surface area contributed by atoms with E-state index in [4.69, 9.17) is 0 Å². The van der Waals surface area contributed by atoms with Crippen LogP contribution in [0.3, 0.4) is 0 Å². The molecule has 2 atom stereocenters. The zero-order chi connectivity index (χ0) is 17.7. The number of hydrogen-bond acceptors (Lipinski definition) is 4. The molecule has 0 amide bonds. The summed E-state index contributed by atoms with van der Waals surface area (Å²) in [6.07, 6.45) is 2.54. The summed E-state index contributed by atoms with van der Waals surface area (Å²) < 4.78 is 29.9. The summed E-state index contributed by atoms with van der Waals surface area (Å²) >= 11 is 0. The van der Waals surface area contributed by atoms with Crippen molar-refractivity contribution in [3.63, 3.8) is 0 Å². The quantitative estimate of drug-likeness (QED) is 0.809. The Labute approximate surface area is 141 Å². The lowest BCUT2D eigenvalue weighted by molar-refractivity contribution is -0.0507. The molecular weight excluding hydrogens is 312 g/mol. The lowest BCUT2D eigenvalue weighted by Gasteiger charge is -2.25. The van der Waals surface area contributed by atoms with Crippen LogP contribution in [0, 0.1) is 13.8 Å². The third-order valence-electron chi connectivity index (χ3n) is 3.97. The standard InChI is InChI=1S/C18H23F2N3O/c1-5-16(14-8-6-7-9-17(14)24-18(19)20)23-12(3)15-10-21-13(4)22-11(15)2/h6-10,12,16,18,23H,5H2,1-4H3. The van der Waals surface area contributed by atoms with Crippen molar-refractivity contribution in [3.8, 4) is 5.75 Å². The Kier molecular flexibility index (Phi) is 6.20. The van der Waals surface area contributed by atoms with Crippen LogP contribution in [-0.2, 0) is 0 Å². The van der Waals surface area contributed by atoms with Gasteiger partial charge in [0.15, 0.2) is 0 Å². The van der Waals surface area contributed by atoms with Crippen LogP contribution in [-0.4, -0.2) is 16.6 Å². The summed E-state index contributed by atoms with van der Waals surface area (Å²) in [5, 5.41) is 3.47. The van der Waals surface area contributed by atoms with Gasteiger partial charge in [0.05, 0.1) is 0 Å². The first-order chi connectivity index (χ1) is 11.4. The average Bonchev–Trinajstić information content (AvgIpc) is 2.52. The van der Waals surface area contributed by atoms with Gasteiger partial charge in [-0.15, -0.1) is 0 Å². The molecule has 1 N–H and O–H groups in total. The Bertz CT molecular complexity index is 679. The van der Waals surface area contributed by atoms with E-state index in [1.54, 1.807) is 12.1 Å². The van der Waals surface area contributed by atoms with Gasteiger partial charge < -0.3 is 10.1 Å². The Hall–Kier alpha value is -2.08. The predicted octanol–water partition coefficient (Wildman–Crippen LogP) is 4.50. The highest BCUT2D eigenvalue weighted by atomic mass is 19.3. The molecule has 0 bridgehead atoms. The highest BCUT2D eigenvalue weighted by Crippen LogP contribution is 2.30. The molecule has 0 aliphatic rings. The lowest BCUT2D eigenvalue weighted by atomic mass is 10.0. The van der Waals surface area contributed by atoms with Gasteiger partial charge >= 0.3 is 6.61 Å². The molecule has 0 aliphatic heterocycles. The Morgan fingerprint density at radius 3 is 2.50 bits per heavy atom. The summed E-state index contributed by atoms with van der Waals surface area (Å²) in [6.45, 7) is 4.97. The molecule has 1 heterocycles. The number of halogens is 2. The van der Waals surface area contributed by atoms with Gasteiger partial charge in [-0.25, -0.2) is 9.97 Å². The highest BCUT2D eigenvalue weighted by Gasteiger charge is 2.20. The molecule has 2 aromatic rings. The number of nitrogens with one attached hydrogen (secondary N) is 1. The number of ether oxygens (including phenoxy) is 1. The van der Waals surface area contributed by atoms with Crippen molar-refractivity contribution in [1.29, 1.82) is 0 Å². The van der Waals surface area contributed by atoms with E-state index in [1.807, 2.05) is 46.0 Å². The SMILES string of the molecule is CCC(NC(C)c1cnc(C)nc1C)c1ccccc1OC(F)F. The molecule has 1 aromatic carbocycles. The maximum Gasteiger partial charge on any atom is 0.387 e. The van der Waals surface area contributed by atoms with E-state index in [2.05, 4.69) is 20.0 Å². The van der Waals surface area contributed by atoms with E-state index in [0.29, 0.717) is 0 Å². The summed E-state index contributed by atoms with van der Waals surface area (Å²) in [5.41, 5.74) is 2.62. The van der Waals surface area contributed by atoms with Crippen LogP contribution in [0.5, 0.6) is 5.75 Å². The van der Waals surface area contributed by atoms with E-state index < -0.39 is 6.61 Å². The number of rotatable bonds is 7. The number of benzene rings is 1. The molecule has 6 heteroatoms. The molecule has 0 radical (unpaired) electrons. The van der Waals surface area contributed by atoms with E-state index in [9.17, 15) is 8.78 Å². The fraction of sp³-hybridized carbons (Fsp3) is 0.444. The van der Waals surface area contributed by atoms with Gasteiger partial charge in [0.1, 0.15) is 11.6 Å². The first kappa shape index (κ1) is 18.3. The zero-order valence-corrected chi connectivity index (χ0v) is 14.4. The molecule has 24 heavy (non-hydrogen) atoms. The second kappa shape index (κ2) is 8.15. The first-order valence-corrected chi connectivity index (χ1v) is 8.02. The summed E-state index contributed by atoms with van der Waals surface area (Å²) in [6, 6.07) is 6.75. The molecule has 2 unspecified atom stereocenters. The van der Waals surface area contributed by atoms with Crippen LogP contribution in [0.25, 0.3) is 0 Å².